The lowest BCUT2D eigenvalue weighted by atomic mass is 9.90. The monoisotopic (exact) mass is 318 g/mol. The van der Waals surface area contributed by atoms with Gasteiger partial charge in [0, 0.05) is 0 Å². The molecule has 0 aliphatic carbocycles. The molecule has 0 amide bonds. The van der Waals surface area contributed by atoms with E-state index >= 15 is 0 Å². The minimum absolute atomic E-state index is 5.77. The number of alkyl halides is 12. The molecule has 0 aromatic rings. The second kappa shape index (κ2) is 4.31. The van der Waals surface area contributed by atoms with E-state index in [2.05, 4.69) is 0 Å². The Morgan fingerprint density at radius 1 is 0.632 bits per heavy atom. The normalized spacial score (nSPS) is 20.1. The van der Waals surface area contributed by atoms with Crippen molar-refractivity contribution >= 4 is 0 Å². The van der Waals surface area contributed by atoms with Crippen LogP contribution in [0.1, 0.15) is 0 Å². The lowest BCUT2D eigenvalue weighted by molar-refractivity contribution is -0.432. The predicted molar refractivity (Wildman–Crippen MR) is 33.0 cm³/mol. The first-order valence-corrected chi connectivity index (χ1v) is 3.85. The summed E-state index contributed by atoms with van der Waals surface area (Å²) in [6.07, 6.45) is -27.2. The average molecular weight is 318 g/mol. The molecule has 0 fully saturated rings. The van der Waals surface area contributed by atoms with Gasteiger partial charge < -0.3 is 5.11 Å². The number of halogens is 12. The third kappa shape index (κ3) is 2.69. The van der Waals surface area contributed by atoms with E-state index in [4.69, 9.17) is 5.11 Å². The largest absolute Gasteiger partial charge is 0.437 e. The van der Waals surface area contributed by atoms with Crippen LogP contribution in [0.3, 0.4) is 0 Å². The summed E-state index contributed by atoms with van der Waals surface area (Å²) in [5.74, 6) is -6.94. The van der Waals surface area contributed by atoms with Gasteiger partial charge in [0.25, 0.3) is 12.0 Å². The fraction of sp³-hybridized carbons (Fsp3) is 1.00. The van der Waals surface area contributed by atoms with Crippen LogP contribution in [-0.2, 0) is 0 Å². The van der Waals surface area contributed by atoms with Crippen molar-refractivity contribution < 1.29 is 57.8 Å². The molecule has 0 aromatic heterocycles. The average Bonchev–Trinajstić information content (AvgIpc) is 2.09. The van der Waals surface area contributed by atoms with Crippen molar-refractivity contribution in [1.82, 2.24) is 0 Å². The molecule has 0 spiro atoms. The Morgan fingerprint density at radius 3 is 1.05 bits per heavy atom. The third-order valence-electron chi connectivity index (χ3n) is 1.89. The maximum absolute atomic E-state index is 12.7. The highest BCUT2D eigenvalue weighted by Crippen LogP contribution is 2.56. The molecule has 2 unspecified atom stereocenters. The fourth-order valence-electron chi connectivity index (χ4n) is 0.950. The summed E-state index contributed by atoms with van der Waals surface area (Å²) in [4.78, 5) is 0. The highest BCUT2D eigenvalue weighted by molar-refractivity contribution is 5.09. The van der Waals surface area contributed by atoms with Crippen molar-refractivity contribution in [3.05, 3.63) is 0 Å². The van der Waals surface area contributed by atoms with Gasteiger partial charge in [0.05, 0.1) is 0 Å². The summed E-state index contributed by atoms with van der Waals surface area (Å²) in [6.45, 7) is 0. The zero-order chi connectivity index (χ0) is 16.1. The molecule has 0 aromatic carbocycles. The van der Waals surface area contributed by atoms with E-state index in [1.807, 2.05) is 0 Å². The van der Waals surface area contributed by atoms with Crippen molar-refractivity contribution in [3.63, 3.8) is 0 Å². The Kier molecular flexibility index (Phi) is 4.11. The van der Waals surface area contributed by atoms with Crippen LogP contribution in [0.2, 0.25) is 0 Å². The molecule has 0 bridgehead atoms. The smallest absolute Gasteiger partial charge is 0.356 e. The van der Waals surface area contributed by atoms with Gasteiger partial charge in [0.15, 0.2) is 0 Å². The minimum Gasteiger partial charge on any atom is -0.356 e. The van der Waals surface area contributed by atoms with Gasteiger partial charge >= 0.3 is 24.2 Å². The first-order chi connectivity index (χ1) is 7.90. The lowest BCUT2D eigenvalue weighted by Crippen LogP contribution is -2.71. The van der Waals surface area contributed by atoms with Crippen LogP contribution < -0.4 is 0 Å². The summed E-state index contributed by atoms with van der Waals surface area (Å²) in [6, 6.07) is 0. The van der Waals surface area contributed by atoms with Gasteiger partial charge in [0.2, 0.25) is 0 Å². The highest BCUT2D eigenvalue weighted by atomic mass is 19.4. The molecular formula is C6H2F12O. The minimum atomic E-state index is -7.46. The molecular weight excluding hydrogens is 316 g/mol. The van der Waals surface area contributed by atoms with Crippen molar-refractivity contribution in [2.75, 3.05) is 0 Å². The van der Waals surface area contributed by atoms with Crippen LogP contribution in [0.15, 0.2) is 0 Å². The van der Waals surface area contributed by atoms with Crippen molar-refractivity contribution in [2.45, 2.75) is 36.2 Å². The zero-order valence-corrected chi connectivity index (χ0v) is 8.06. The Morgan fingerprint density at radius 2 is 0.895 bits per heavy atom. The highest BCUT2D eigenvalue weighted by Gasteiger charge is 2.87. The molecule has 0 saturated heterocycles. The molecule has 1 N–H and O–H groups in total. The van der Waals surface area contributed by atoms with Crippen molar-refractivity contribution in [3.8, 4) is 0 Å². The van der Waals surface area contributed by atoms with Gasteiger partial charge in [-0.15, -0.1) is 0 Å². The van der Waals surface area contributed by atoms with Gasteiger partial charge in [-0.05, 0) is 0 Å². The van der Waals surface area contributed by atoms with E-state index in [0.717, 1.165) is 0 Å². The number of hydrogen-bond acceptors (Lipinski definition) is 1. The molecule has 1 nitrogen and oxygen atoms in total. The molecule has 0 heterocycles. The summed E-state index contributed by atoms with van der Waals surface area (Å²) in [7, 11) is 0. The summed E-state index contributed by atoms with van der Waals surface area (Å²) >= 11 is 0. The van der Waals surface area contributed by atoms with Crippen LogP contribution in [0, 0.1) is 0 Å². The van der Waals surface area contributed by atoms with Crippen molar-refractivity contribution in [1.29, 1.82) is 0 Å². The molecule has 0 rings (SSSR count). The van der Waals surface area contributed by atoms with E-state index in [0.29, 0.717) is 0 Å². The summed E-state index contributed by atoms with van der Waals surface area (Å²) < 4.78 is 143. The van der Waals surface area contributed by atoms with E-state index < -0.39 is 36.2 Å². The molecule has 116 valence electrons. The van der Waals surface area contributed by atoms with Crippen LogP contribution in [0.4, 0.5) is 52.7 Å². The van der Waals surface area contributed by atoms with Gasteiger partial charge in [-0.3, -0.25) is 0 Å². The molecule has 0 saturated carbocycles. The predicted octanol–water partition coefficient (Wildman–Crippen LogP) is 3.38. The number of hydrogen-bond donors (Lipinski definition) is 1. The van der Waals surface area contributed by atoms with E-state index in [1.165, 1.54) is 0 Å². The van der Waals surface area contributed by atoms with Crippen molar-refractivity contribution in [2.24, 2.45) is 0 Å². The first kappa shape index (κ1) is 18.1. The SMILES string of the molecule is OC(F)(C(F)C(F)(F)F)C(F)(C(F)(F)F)C(F)(F)F. The van der Waals surface area contributed by atoms with E-state index in [-0.39, 0.29) is 0 Å². The third-order valence-corrected chi connectivity index (χ3v) is 1.89. The summed E-state index contributed by atoms with van der Waals surface area (Å²) in [5, 5.41) is 7.93. The number of rotatable bonds is 2. The summed E-state index contributed by atoms with van der Waals surface area (Å²) in [5.41, 5.74) is -7.46. The molecule has 13 heteroatoms. The second-order valence-corrected chi connectivity index (χ2v) is 3.23. The second-order valence-electron chi connectivity index (χ2n) is 3.23. The van der Waals surface area contributed by atoms with Gasteiger partial charge in [0.1, 0.15) is 0 Å². The van der Waals surface area contributed by atoms with Crippen LogP contribution in [0.25, 0.3) is 0 Å². The maximum Gasteiger partial charge on any atom is 0.437 e. The Labute approximate surface area is 95.3 Å². The topological polar surface area (TPSA) is 20.2 Å². The van der Waals surface area contributed by atoms with Crippen LogP contribution in [0.5, 0.6) is 0 Å². The Hall–Kier alpha value is -0.880. The van der Waals surface area contributed by atoms with E-state index in [1.54, 1.807) is 0 Å². The van der Waals surface area contributed by atoms with Crippen LogP contribution in [-0.4, -0.2) is 41.3 Å². The standard InChI is InChI=1S/C6H2F12O/c7-1(3(9,10)11)2(8,19)4(12,5(13,14)15)6(16,17)18/h1,19H. The van der Waals surface area contributed by atoms with Gasteiger partial charge in [-0.2, -0.15) is 39.5 Å². The molecule has 0 aliphatic heterocycles. The molecule has 19 heavy (non-hydrogen) atoms. The van der Waals surface area contributed by atoms with Crippen LogP contribution >= 0.6 is 0 Å². The molecule has 0 aliphatic rings. The quantitative estimate of drug-likeness (QED) is 0.774. The fourth-order valence-corrected chi connectivity index (χ4v) is 0.950. The first-order valence-electron chi connectivity index (χ1n) is 3.85. The van der Waals surface area contributed by atoms with Gasteiger partial charge in [-0.1, -0.05) is 0 Å². The van der Waals surface area contributed by atoms with Gasteiger partial charge in [-0.25, -0.2) is 13.2 Å². The zero-order valence-electron chi connectivity index (χ0n) is 8.06. The lowest BCUT2D eigenvalue weighted by Gasteiger charge is -2.39. The van der Waals surface area contributed by atoms with E-state index in [9.17, 15) is 52.7 Å². The Bertz CT molecular complexity index is 307. The number of aliphatic hydroxyl groups is 1. The molecule has 0 radical (unpaired) electrons. The molecule has 2 atom stereocenters. The Balaban J connectivity index is 6.06. The maximum atomic E-state index is 12.7.